The van der Waals surface area contributed by atoms with Crippen LogP contribution in [0.3, 0.4) is 0 Å². The van der Waals surface area contributed by atoms with E-state index in [9.17, 15) is 0 Å². The number of fused-ring (bicyclic) bond motifs is 1. The number of hydrogen-bond acceptors (Lipinski definition) is 6. The molecule has 2 aliphatic heterocycles. The predicted octanol–water partition coefficient (Wildman–Crippen LogP) is 2.11. The highest BCUT2D eigenvalue weighted by molar-refractivity contribution is 5.44. The van der Waals surface area contributed by atoms with Gasteiger partial charge in [-0.15, -0.1) is 0 Å². The van der Waals surface area contributed by atoms with E-state index >= 15 is 0 Å². The molecule has 23 heavy (non-hydrogen) atoms. The molecule has 6 nitrogen and oxygen atoms in total. The lowest BCUT2D eigenvalue weighted by atomic mass is 10.0. The zero-order chi connectivity index (χ0) is 15.6. The first-order valence-electron chi connectivity index (χ1n) is 7.98. The van der Waals surface area contributed by atoms with Crippen molar-refractivity contribution in [3.05, 3.63) is 41.1 Å². The number of nitrogens with two attached hydrogens (primary N) is 1. The largest absolute Gasteiger partial charge is 0.493 e. The van der Waals surface area contributed by atoms with E-state index in [-0.39, 0.29) is 0 Å². The van der Waals surface area contributed by atoms with Crippen LogP contribution in [0.25, 0.3) is 0 Å². The summed E-state index contributed by atoms with van der Waals surface area (Å²) in [6, 6.07) is 8.28. The number of benzene rings is 1. The molecule has 2 aromatic rings. The molecule has 3 heterocycles. The standard InChI is InChI=1S/C17H20N4O2/c18-17-20-14(13-3-5-22-10-13)8-16(21-17)19-9-11-1-2-15-12(7-11)4-6-23-15/h1-2,7-8,13H,3-6,9-10H2,(H3,18,19,20,21)/t13-/m1/s1. The number of nitrogen functional groups attached to an aromatic ring is 1. The van der Waals surface area contributed by atoms with Crippen LogP contribution in [-0.2, 0) is 17.7 Å². The molecule has 120 valence electrons. The van der Waals surface area contributed by atoms with Crippen molar-refractivity contribution in [1.29, 1.82) is 0 Å². The minimum Gasteiger partial charge on any atom is -0.493 e. The van der Waals surface area contributed by atoms with Crippen LogP contribution in [0.4, 0.5) is 11.8 Å². The first-order valence-corrected chi connectivity index (χ1v) is 7.98. The van der Waals surface area contributed by atoms with Crippen LogP contribution in [0, 0.1) is 0 Å². The summed E-state index contributed by atoms with van der Waals surface area (Å²) < 4.78 is 11.0. The van der Waals surface area contributed by atoms with Gasteiger partial charge in [0.25, 0.3) is 0 Å². The molecule has 2 aliphatic rings. The van der Waals surface area contributed by atoms with Crippen molar-refractivity contribution in [3.8, 4) is 5.75 Å². The van der Waals surface area contributed by atoms with Gasteiger partial charge in [0.05, 0.1) is 18.9 Å². The first-order chi connectivity index (χ1) is 11.3. The van der Waals surface area contributed by atoms with E-state index in [0.717, 1.165) is 43.3 Å². The zero-order valence-electron chi connectivity index (χ0n) is 12.9. The Kier molecular flexibility index (Phi) is 3.75. The number of nitrogens with zero attached hydrogens (tertiary/aromatic N) is 2. The van der Waals surface area contributed by atoms with E-state index in [1.807, 2.05) is 12.1 Å². The molecule has 0 radical (unpaired) electrons. The van der Waals surface area contributed by atoms with Gasteiger partial charge in [-0.05, 0) is 23.6 Å². The molecule has 0 unspecified atom stereocenters. The third-order valence-electron chi connectivity index (χ3n) is 4.34. The molecule has 1 aromatic heterocycles. The van der Waals surface area contributed by atoms with Crippen LogP contribution < -0.4 is 15.8 Å². The van der Waals surface area contributed by atoms with Gasteiger partial charge in [-0.1, -0.05) is 12.1 Å². The number of anilines is 2. The normalized spacial score (nSPS) is 19.4. The van der Waals surface area contributed by atoms with Gasteiger partial charge in [0.2, 0.25) is 5.95 Å². The Morgan fingerprint density at radius 1 is 1.22 bits per heavy atom. The van der Waals surface area contributed by atoms with Gasteiger partial charge in [-0.3, -0.25) is 0 Å². The molecular formula is C17H20N4O2. The van der Waals surface area contributed by atoms with Gasteiger partial charge >= 0.3 is 0 Å². The van der Waals surface area contributed by atoms with Crippen molar-refractivity contribution in [1.82, 2.24) is 9.97 Å². The highest BCUT2D eigenvalue weighted by atomic mass is 16.5. The Morgan fingerprint density at radius 2 is 2.17 bits per heavy atom. The monoisotopic (exact) mass is 312 g/mol. The minimum atomic E-state index is 0.305. The van der Waals surface area contributed by atoms with E-state index in [4.69, 9.17) is 15.2 Å². The SMILES string of the molecule is Nc1nc(NCc2ccc3c(c2)CCO3)cc([C@@H]2CCOC2)n1. The van der Waals surface area contributed by atoms with E-state index < -0.39 is 0 Å². The van der Waals surface area contributed by atoms with Gasteiger partial charge < -0.3 is 20.5 Å². The third kappa shape index (κ3) is 3.07. The third-order valence-corrected chi connectivity index (χ3v) is 4.34. The Bertz CT molecular complexity index is 714. The maximum atomic E-state index is 5.85. The molecule has 3 N–H and O–H groups in total. The maximum absolute atomic E-state index is 5.85. The Balaban J connectivity index is 1.48. The molecule has 0 aliphatic carbocycles. The van der Waals surface area contributed by atoms with Crippen LogP contribution >= 0.6 is 0 Å². The second kappa shape index (κ2) is 6.04. The van der Waals surface area contributed by atoms with Crippen molar-refractivity contribution in [2.24, 2.45) is 0 Å². The van der Waals surface area contributed by atoms with Crippen molar-refractivity contribution in [2.45, 2.75) is 25.3 Å². The highest BCUT2D eigenvalue weighted by Gasteiger charge is 2.20. The van der Waals surface area contributed by atoms with Gasteiger partial charge in [-0.2, -0.15) is 4.98 Å². The first kappa shape index (κ1) is 14.3. The summed E-state index contributed by atoms with van der Waals surface area (Å²) in [7, 11) is 0. The molecule has 1 fully saturated rings. The van der Waals surface area contributed by atoms with Crippen LogP contribution in [0.5, 0.6) is 5.75 Å². The summed E-state index contributed by atoms with van der Waals surface area (Å²) in [6.45, 7) is 2.97. The van der Waals surface area contributed by atoms with Crippen LogP contribution in [-0.4, -0.2) is 29.8 Å². The number of aromatic nitrogens is 2. The van der Waals surface area contributed by atoms with E-state index in [0.29, 0.717) is 25.0 Å². The van der Waals surface area contributed by atoms with Crippen LogP contribution in [0.1, 0.15) is 29.2 Å². The summed E-state index contributed by atoms with van der Waals surface area (Å²) in [5.74, 6) is 2.39. The number of ether oxygens (including phenoxy) is 2. The summed E-state index contributed by atoms with van der Waals surface area (Å²) in [5.41, 5.74) is 9.29. The quantitative estimate of drug-likeness (QED) is 0.900. The lowest BCUT2D eigenvalue weighted by molar-refractivity contribution is 0.193. The van der Waals surface area contributed by atoms with Gasteiger partial charge in [0.1, 0.15) is 11.6 Å². The fourth-order valence-corrected chi connectivity index (χ4v) is 3.10. The minimum absolute atomic E-state index is 0.305. The maximum Gasteiger partial charge on any atom is 0.222 e. The molecule has 0 amide bonds. The molecule has 0 bridgehead atoms. The Morgan fingerprint density at radius 3 is 3.04 bits per heavy atom. The fourth-order valence-electron chi connectivity index (χ4n) is 3.10. The molecule has 0 spiro atoms. The number of rotatable bonds is 4. The average molecular weight is 312 g/mol. The zero-order valence-corrected chi connectivity index (χ0v) is 12.9. The molecule has 1 atom stereocenters. The summed E-state index contributed by atoms with van der Waals surface area (Å²) in [5, 5.41) is 3.34. The van der Waals surface area contributed by atoms with E-state index in [1.54, 1.807) is 0 Å². The Labute approximate surface area is 135 Å². The lowest BCUT2D eigenvalue weighted by Crippen LogP contribution is -2.09. The number of hydrogen-bond donors (Lipinski definition) is 2. The average Bonchev–Trinajstić information content (AvgIpc) is 3.23. The lowest BCUT2D eigenvalue weighted by Gasteiger charge is -2.12. The second-order valence-corrected chi connectivity index (χ2v) is 5.99. The van der Waals surface area contributed by atoms with Gasteiger partial charge in [0, 0.05) is 31.6 Å². The summed E-state index contributed by atoms with van der Waals surface area (Å²) in [6.07, 6.45) is 1.97. The second-order valence-electron chi connectivity index (χ2n) is 5.99. The van der Waals surface area contributed by atoms with Crippen molar-refractivity contribution in [3.63, 3.8) is 0 Å². The topological polar surface area (TPSA) is 82.3 Å². The highest BCUT2D eigenvalue weighted by Crippen LogP contribution is 2.27. The molecule has 0 saturated carbocycles. The molecule has 1 saturated heterocycles. The van der Waals surface area contributed by atoms with Crippen molar-refractivity contribution < 1.29 is 9.47 Å². The summed E-state index contributed by atoms with van der Waals surface area (Å²) >= 11 is 0. The van der Waals surface area contributed by atoms with Crippen molar-refractivity contribution in [2.75, 3.05) is 30.9 Å². The summed E-state index contributed by atoms with van der Waals surface area (Å²) in [4.78, 5) is 8.63. The van der Waals surface area contributed by atoms with E-state index in [1.165, 1.54) is 11.1 Å². The molecule has 4 rings (SSSR count). The molecule has 1 aromatic carbocycles. The molecule has 6 heteroatoms. The van der Waals surface area contributed by atoms with E-state index in [2.05, 4.69) is 27.4 Å². The Hall–Kier alpha value is -2.34. The van der Waals surface area contributed by atoms with Gasteiger partial charge in [0.15, 0.2) is 0 Å². The van der Waals surface area contributed by atoms with Crippen LogP contribution in [0.15, 0.2) is 24.3 Å². The van der Waals surface area contributed by atoms with Gasteiger partial charge in [-0.25, -0.2) is 4.98 Å². The van der Waals surface area contributed by atoms with Crippen LogP contribution in [0.2, 0.25) is 0 Å². The van der Waals surface area contributed by atoms with Crippen molar-refractivity contribution >= 4 is 11.8 Å². The smallest absolute Gasteiger partial charge is 0.222 e. The fraction of sp³-hybridized carbons (Fsp3) is 0.412. The number of nitrogens with one attached hydrogen (secondary N) is 1. The predicted molar refractivity (Wildman–Crippen MR) is 87.6 cm³/mol. The molecular weight excluding hydrogens is 292 g/mol.